The molecule has 0 N–H and O–H groups in total. The molecule has 1 spiro atoms. The fraction of sp³-hybridized carbons (Fsp3) is 0.364. The number of nitrogens with zero attached hydrogens (tertiary/aromatic N) is 4. The lowest BCUT2D eigenvalue weighted by molar-refractivity contribution is 0.0633. The standard InChI is InChI=1S/C22H22N4OS/c1-15-23-12-17-8-10-22(19(17)24-15)9-5-11-26(14-22)21(27)20-25-18(13-28-20)16-6-3-2-4-7-16/h2-4,6-7,12-13H,5,8-11,14H2,1H3. The van der Waals surface area contributed by atoms with E-state index in [1.807, 2.05) is 53.7 Å². The molecule has 3 aromatic rings. The molecule has 0 bridgehead atoms. The topological polar surface area (TPSA) is 59.0 Å². The Kier molecular flexibility index (Phi) is 4.23. The summed E-state index contributed by atoms with van der Waals surface area (Å²) in [6, 6.07) is 10.0. The van der Waals surface area contributed by atoms with Crippen LogP contribution in [0.3, 0.4) is 0 Å². The summed E-state index contributed by atoms with van der Waals surface area (Å²) in [5.41, 5.74) is 4.32. The SMILES string of the molecule is Cc1ncc2c(n1)C1(CCCN(C(=O)c3nc(-c4ccccc4)cs3)C1)CC2. The molecule has 1 amide bonds. The number of rotatable bonds is 2. The maximum Gasteiger partial charge on any atom is 0.282 e. The molecule has 1 saturated heterocycles. The van der Waals surface area contributed by atoms with Gasteiger partial charge in [-0.1, -0.05) is 30.3 Å². The molecule has 0 radical (unpaired) electrons. The minimum Gasteiger partial charge on any atom is -0.336 e. The first kappa shape index (κ1) is 17.5. The number of carbonyl (C=O) groups is 1. The first-order chi connectivity index (χ1) is 13.6. The van der Waals surface area contributed by atoms with Gasteiger partial charge in [-0.3, -0.25) is 4.79 Å². The minimum absolute atomic E-state index is 0.0174. The molecule has 2 aromatic heterocycles. The number of amides is 1. The predicted molar refractivity (Wildman–Crippen MR) is 109 cm³/mol. The number of likely N-dealkylation sites (tertiary alicyclic amines) is 1. The Morgan fingerprint density at radius 2 is 2.04 bits per heavy atom. The second-order valence-corrected chi connectivity index (χ2v) is 8.66. The van der Waals surface area contributed by atoms with E-state index in [1.165, 1.54) is 22.6 Å². The van der Waals surface area contributed by atoms with Gasteiger partial charge in [0.1, 0.15) is 5.82 Å². The second kappa shape index (κ2) is 6.78. The van der Waals surface area contributed by atoms with Crippen molar-refractivity contribution in [3.05, 3.63) is 64.0 Å². The van der Waals surface area contributed by atoms with E-state index in [2.05, 4.69) is 9.97 Å². The van der Waals surface area contributed by atoms with Crippen molar-refractivity contribution in [1.82, 2.24) is 19.9 Å². The van der Waals surface area contributed by atoms with Crippen molar-refractivity contribution in [1.29, 1.82) is 0 Å². The van der Waals surface area contributed by atoms with Gasteiger partial charge in [-0.2, -0.15) is 0 Å². The summed E-state index contributed by atoms with van der Waals surface area (Å²) >= 11 is 1.44. The number of hydrogen-bond acceptors (Lipinski definition) is 5. The molecule has 5 nitrogen and oxygen atoms in total. The van der Waals surface area contributed by atoms with Gasteiger partial charge in [0.25, 0.3) is 5.91 Å². The summed E-state index contributed by atoms with van der Waals surface area (Å²) in [6.07, 6.45) is 6.13. The Balaban J connectivity index is 1.40. The smallest absolute Gasteiger partial charge is 0.282 e. The van der Waals surface area contributed by atoms with Crippen molar-refractivity contribution < 1.29 is 4.79 Å². The number of aromatic nitrogens is 3. The molecule has 2 aliphatic rings. The number of aryl methyl sites for hydroxylation is 2. The Morgan fingerprint density at radius 3 is 2.89 bits per heavy atom. The molecule has 1 atom stereocenters. The average Bonchev–Trinajstić information content (AvgIpc) is 3.35. The van der Waals surface area contributed by atoms with E-state index in [-0.39, 0.29) is 11.3 Å². The van der Waals surface area contributed by atoms with Gasteiger partial charge < -0.3 is 4.90 Å². The average molecular weight is 391 g/mol. The van der Waals surface area contributed by atoms with Crippen molar-refractivity contribution in [3.63, 3.8) is 0 Å². The lowest BCUT2D eigenvalue weighted by Gasteiger charge is -2.40. The highest BCUT2D eigenvalue weighted by atomic mass is 32.1. The third kappa shape index (κ3) is 2.92. The van der Waals surface area contributed by atoms with Crippen molar-refractivity contribution in [2.45, 2.75) is 38.0 Å². The second-order valence-electron chi connectivity index (χ2n) is 7.81. The van der Waals surface area contributed by atoms with Gasteiger partial charge in [0.2, 0.25) is 0 Å². The summed E-state index contributed by atoms with van der Waals surface area (Å²) in [5.74, 6) is 0.862. The number of benzene rings is 1. The number of thiazole rings is 1. The van der Waals surface area contributed by atoms with Crippen LogP contribution in [0.4, 0.5) is 0 Å². The van der Waals surface area contributed by atoms with Gasteiger partial charge in [-0.05, 0) is 38.2 Å². The minimum atomic E-state index is -0.0174. The fourth-order valence-electron chi connectivity index (χ4n) is 4.58. The van der Waals surface area contributed by atoms with Gasteiger partial charge in [0.15, 0.2) is 5.01 Å². The quantitative estimate of drug-likeness (QED) is 0.663. The monoisotopic (exact) mass is 390 g/mol. The van der Waals surface area contributed by atoms with Crippen molar-refractivity contribution in [2.75, 3.05) is 13.1 Å². The molecule has 1 unspecified atom stereocenters. The molecule has 1 aliphatic heterocycles. The molecule has 0 saturated carbocycles. The van der Waals surface area contributed by atoms with Crippen molar-refractivity contribution in [2.24, 2.45) is 0 Å². The highest BCUT2D eigenvalue weighted by Gasteiger charge is 2.45. The Labute approximate surface area is 168 Å². The van der Waals surface area contributed by atoms with E-state index in [0.29, 0.717) is 5.01 Å². The van der Waals surface area contributed by atoms with Crippen LogP contribution in [0.5, 0.6) is 0 Å². The van der Waals surface area contributed by atoms with Crippen LogP contribution in [-0.4, -0.2) is 38.8 Å². The van der Waals surface area contributed by atoms with E-state index in [4.69, 9.17) is 4.98 Å². The number of fused-ring (bicyclic) bond motifs is 2. The zero-order chi connectivity index (χ0) is 19.1. The Bertz CT molecular complexity index is 1030. The molecular weight excluding hydrogens is 368 g/mol. The van der Waals surface area contributed by atoms with Crippen LogP contribution in [0.2, 0.25) is 0 Å². The lowest BCUT2D eigenvalue weighted by Crippen LogP contribution is -2.48. The molecule has 1 aromatic carbocycles. The Hall–Kier alpha value is -2.60. The summed E-state index contributed by atoms with van der Waals surface area (Å²) in [5, 5.41) is 2.55. The normalized spacial score (nSPS) is 21.1. The number of carbonyl (C=O) groups excluding carboxylic acids is 1. The predicted octanol–water partition coefficient (Wildman–Crippen LogP) is 4.03. The zero-order valence-electron chi connectivity index (χ0n) is 15.9. The molecule has 6 heteroatoms. The van der Waals surface area contributed by atoms with Crippen LogP contribution in [0.15, 0.2) is 41.9 Å². The summed E-state index contributed by atoms with van der Waals surface area (Å²) < 4.78 is 0. The van der Waals surface area contributed by atoms with Gasteiger partial charge in [-0.25, -0.2) is 15.0 Å². The molecular formula is C22H22N4OS. The molecule has 1 fully saturated rings. The zero-order valence-corrected chi connectivity index (χ0v) is 16.7. The summed E-state index contributed by atoms with van der Waals surface area (Å²) in [6.45, 7) is 3.47. The van der Waals surface area contributed by atoms with Crippen LogP contribution < -0.4 is 0 Å². The van der Waals surface area contributed by atoms with Gasteiger partial charge in [-0.15, -0.1) is 11.3 Å². The van der Waals surface area contributed by atoms with E-state index >= 15 is 0 Å². The van der Waals surface area contributed by atoms with Crippen molar-refractivity contribution >= 4 is 17.2 Å². The summed E-state index contributed by atoms with van der Waals surface area (Å²) in [4.78, 5) is 29.0. The largest absolute Gasteiger partial charge is 0.336 e. The molecule has 28 heavy (non-hydrogen) atoms. The third-order valence-electron chi connectivity index (χ3n) is 5.98. The Morgan fingerprint density at radius 1 is 1.18 bits per heavy atom. The maximum absolute atomic E-state index is 13.2. The van der Waals surface area contributed by atoms with Gasteiger partial charge >= 0.3 is 0 Å². The molecule has 5 rings (SSSR count). The van der Waals surface area contributed by atoms with Crippen molar-refractivity contribution in [3.8, 4) is 11.3 Å². The fourth-order valence-corrected chi connectivity index (χ4v) is 5.37. The lowest BCUT2D eigenvalue weighted by atomic mass is 9.77. The highest BCUT2D eigenvalue weighted by molar-refractivity contribution is 7.12. The highest BCUT2D eigenvalue weighted by Crippen LogP contribution is 2.44. The van der Waals surface area contributed by atoms with Crippen LogP contribution in [-0.2, 0) is 11.8 Å². The molecule has 1 aliphatic carbocycles. The number of piperidine rings is 1. The van der Waals surface area contributed by atoms with Gasteiger partial charge in [0, 0.05) is 35.6 Å². The van der Waals surface area contributed by atoms with E-state index in [1.54, 1.807) is 0 Å². The summed E-state index contributed by atoms with van der Waals surface area (Å²) in [7, 11) is 0. The van der Waals surface area contributed by atoms with E-state index < -0.39 is 0 Å². The number of hydrogen-bond donors (Lipinski definition) is 0. The van der Waals surface area contributed by atoms with Crippen LogP contribution >= 0.6 is 11.3 Å². The maximum atomic E-state index is 13.2. The van der Waals surface area contributed by atoms with Crippen LogP contribution in [0, 0.1) is 6.92 Å². The van der Waals surface area contributed by atoms with E-state index in [0.717, 1.165) is 55.9 Å². The van der Waals surface area contributed by atoms with Crippen LogP contribution in [0.25, 0.3) is 11.3 Å². The van der Waals surface area contributed by atoms with Gasteiger partial charge in [0.05, 0.1) is 11.4 Å². The van der Waals surface area contributed by atoms with Crippen LogP contribution in [0.1, 0.15) is 46.1 Å². The first-order valence-electron chi connectivity index (χ1n) is 9.78. The first-order valence-corrected chi connectivity index (χ1v) is 10.7. The molecule has 142 valence electrons. The third-order valence-corrected chi connectivity index (χ3v) is 6.81. The molecule has 3 heterocycles. The van der Waals surface area contributed by atoms with E-state index in [9.17, 15) is 4.79 Å².